The van der Waals surface area contributed by atoms with E-state index in [1.807, 2.05) is 87.2 Å². The third-order valence-corrected chi connectivity index (χ3v) is 8.57. The van der Waals surface area contributed by atoms with Gasteiger partial charge in [0.05, 0.1) is 25.2 Å². The summed E-state index contributed by atoms with van der Waals surface area (Å²) in [5.74, 6) is -0.312. The summed E-state index contributed by atoms with van der Waals surface area (Å²) in [4.78, 5) is 28.6. The summed E-state index contributed by atoms with van der Waals surface area (Å²) in [5.41, 5.74) is 3.61. The van der Waals surface area contributed by atoms with Gasteiger partial charge in [-0.15, -0.1) is 0 Å². The Hall–Kier alpha value is -3.82. The van der Waals surface area contributed by atoms with Crippen molar-refractivity contribution < 1.29 is 33.6 Å². The standard InChI is InChI=1S/C34H42N2O7/c1-20(2)40-13-14-41-25-10-11-26(23(5)15-25)33-31(34(38)39)27(24-9-12-28-29(16-24)43-19-42-28)17-36(33)18-30(37)35-32-21(3)7-6-8-22(32)4/h6-12,15-16,20,23,26-27,31,33H,13-14,17-19H2,1-5H3,(H,35,37)(H,38,39)/t23?,26?,27-,31-,33+/m1/s1. The van der Waals surface area contributed by atoms with E-state index in [-0.39, 0.29) is 43.1 Å². The van der Waals surface area contributed by atoms with Gasteiger partial charge in [0.25, 0.3) is 0 Å². The van der Waals surface area contributed by atoms with E-state index >= 15 is 0 Å². The maximum absolute atomic E-state index is 13.5. The van der Waals surface area contributed by atoms with Crippen LogP contribution < -0.4 is 14.8 Å². The van der Waals surface area contributed by atoms with Crippen LogP contribution in [0, 0.1) is 31.6 Å². The fourth-order valence-electron chi connectivity index (χ4n) is 6.53. The molecule has 2 heterocycles. The highest BCUT2D eigenvalue weighted by Crippen LogP contribution is 2.46. The van der Waals surface area contributed by atoms with Gasteiger partial charge in [-0.05, 0) is 80.5 Å². The number of hydrogen-bond donors (Lipinski definition) is 2. The molecule has 9 nitrogen and oxygen atoms in total. The number of anilines is 1. The minimum Gasteiger partial charge on any atom is -0.492 e. The maximum Gasteiger partial charge on any atom is 0.308 e. The molecule has 2 aromatic rings. The topological polar surface area (TPSA) is 107 Å². The predicted molar refractivity (Wildman–Crippen MR) is 163 cm³/mol. The van der Waals surface area contributed by atoms with Crippen LogP contribution in [-0.4, -0.2) is 67.1 Å². The number of carboxylic acids is 1. The second-order valence-electron chi connectivity index (χ2n) is 12.0. The Morgan fingerprint density at radius 1 is 1.09 bits per heavy atom. The third-order valence-electron chi connectivity index (χ3n) is 8.57. The van der Waals surface area contributed by atoms with E-state index in [1.165, 1.54) is 0 Å². The molecule has 1 saturated heterocycles. The van der Waals surface area contributed by atoms with Gasteiger partial charge < -0.3 is 29.4 Å². The first-order chi connectivity index (χ1) is 20.6. The zero-order chi connectivity index (χ0) is 30.7. The molecule has 43 heavy (non-hydrogen) atoms. The molecule has 0 saturated carbocycles. The van der Waals surface area contributed by atoms with Gasteiger partial charge in [-0.3, -0.25) is 14.5 Å². The second kappa shape index (κ2) is 13.2. The van der Waals surface area contributed by atoms with Gasteiger partial charge in [0.1, 0.15) is 12.4 Å². The number of hydrogen-bond acceptors (Lipinski definition) is 7. The lowest BCUT2D eigenvalue weighted by atomic mass is 9.75. The van der Waals surface area contributed by atoms with Gasteiger partial charge in [-0.2, -0.15) is 0 Å². The molecule has 0 bridgehead atoms. The number of carbonyl (C=O) groups excluding carboxylic acids is 1. The van der Waals surface area contributed by atoms with Gasteiger partial charge in [0, 0.05) is 24.2 Å². The molecule has 230 valence electrons. The zero-order valence-corrected chi connectivity index (χ0v) is 25.5. The van der Waals surface area contributed by atoms with Crippen LogP contribution in [0.1, 0.15) is 43.4 Å². The molecule has 3 aliphatic rings. The van der Waals surface area contributed by atoms with E-state index in [1.54, 1.807) is 0 Å². The van der Waals surface area contributed by atoms with Crippen molar-refractivity contribution in [3.63, 3.8) is 0 Å². The monoisotopic (exact) mass is 590 g/mol. The summed E-state index contributed by atoms with van der Waals surface area (Å²) in [7, 11) is 0. The number of nitrogens with zero attached hydrogens (tertiary/aromatic N) is 1. The number of rotatable bonds is 11. The summed E-state index contributed by atoms with van der Waals surface area (Å²) in [6.45, 7) is 11.5. The molecule has 5 rings (SSSR count). The number of likely N-dealkylation sites (tertiary alicyclic amines) is 1. The van der Waals surface area contributed by atoms with Gasteiger partial charge in [0.15, 0.2) is 11.5 Å². The minimum absolute atomic E-state index is 0.0162. The summed E-state index contributed by atoms with van der Waals surface area (Å²) < 4.78 is 22.6. The lowest BCUT2D eigenvalue weighted by Gasteiger charge is -2.36. The Balaban J connectivity index is 1.41. The lowest BCUT2D eigenvalue weighted by molar-refractivity contribution is -0.144. The molecule has 0 aromatic heterocycles. The van der Waals surface area contributed by atoms with Crippen molar-refractivity contribution in [2.75, 3.05) is 38.4 Å². The Kier molecular flexibility index (Phi) is 9.42. The number of nitrogens with one attached hydrogen (secondary N) is 1. The molecule has 2 aliphatic heterocycles. The fourth-order valence-corrected chi connectivity index (χ4v) is 6.53. The largest absolute Gasteiger partial charge is 0.492 e. The Labute approximate surface area is 253 Å². The maximum atomic E-state index is 13.5. The molecule has 5 atom stereocenters. The normalized spacial score (nSPS) is 24.7. The summed E-state index contributed by atoms with van der Waals surface area (Å²) in [6.07, 6.45) is 6.14. The van der Waals surface area contributed by atoms with Gasteiger partial charge in [-0.25, -0.2) is 0 Å². The first-order valence-electron chi connectivity index (χ1n) is 15.0. The summed E-state index contributed by atoms with van der Waals surface area (Å²) >= 11 is 0. The number of carbonyl (C=O) groups is 2. The van der Waals surface area contributed by atoms with Crippen LogP contribution in [0.2, 0.25) is 0 Å². The third kappa shape index (κ3) is 6.89. The number of allylic oxidation sites excluding steroid dienone is 2. The molecule has 9 heteroatoms. The molecular weight excluding hydrogens is 548 g/mol. The number of carboxylic acid groups (broad SMARTS) is 1. The van der Waals surface area contributed by atoms with Crippen molar-refractivity contribution in [1.82, 2.24) is 4.90 Å². The van der Waals surface area contributed by atoms with Gasteiger partial charge >= 0.3 is 5.97 Å². The van der Waals surface area contributed by atoms with Crippen LogP contribution in [0.15, 0.2) is 60.4 Å². The van der Waals surface area contributed by atoms with Crippen molar-refractivity contribution in [2.45, 2.75) is 52.7 Å². The lowest BCUT2D eigenvalue weighted by Crippen LogP contribution is -2.46. The highest BCUT2D eigenvalue weighted by Gasteiger charge is 2.51. The predicted octanol–water partition coefficient (Wildman–Crippen LogP) is 5.29. The highest BCUT2D eigenvalue weighted by molar-refractivity contribution is 5.94. The molecular formula is C34H42N2O7. The fraction of sp³-hybridized carbons (Fsp3) is 0.471. The minimum atomic E-state index is -0.886. The van der Waals surface area contributed by atoms with E-state index in [9.17, 15) is 14.7 Å². The van der Waals surface area contributed by atoms with Crippen LogP contribution in [0.5, 0.6) is 11.5 Å². The van der Waals surface area contributed by atoms with Crippen molar-refractivity contribution in [3.05, 3.63) is 77.1 Å². The summed E-state index contributed by atoms with van der Waals surface area (Å²) in [5, 5.41) is 13.8. The number of amides is 1. The molecule has 1 aliphatic carbocycles. The van der Waals surface area contributed by atoms with E-state index in [4.69, 9.17) is 18.9 Å². The average molecular weight is 591 g/mol. The molecule has 1 fully saturated rings. The van der Waals surface area contributed by atoms with Gasteiger partial charge in [0.2, 0.25) is 12.7 Å². The van der Waals surface area contributed by atoms with E-state index in [2.05, 4.69) is 12.2 Å². The summed E-state index contributed by atoms with van der Waals surface area (Å²) in [6, 6.07) is 11.1. The van der Waals surface area contributed by atoms with E-state index < -0.39 is 17.9 Å². The Morgan fingerprint density at radius 3 is 2.53 bits per heavy atom. The Morgan fingerprint density at radius 2 is 1.84 bits per heavy atom. The average Bonchev–Trinajstić information content (AvgIpc) is 3.57. The second-order valence-corrected chi connectivity index (χ2v) is 12.0. The van der Waals surface area contributed by atoms with E-state index in [0.717, 1.165) is 28.1 Å². The van der Waals surface area contributed by atoms with Crippen molar-refractivity contribution in [3.8, 4) is 11.5 Å². The number of aliphatic carboxylic acids is 1. The molecule has 1 amide bonds. The highest BCUT2D eigenvalue weighted by atomic mass is 16.7. The molecule has 2 N–H and O–H groups in total. The quantitative estimate of drug-likeness (QED) is 0.340. The number of benzene rings is 2. The number of aryl methyl sites for hydroxylation is 2. The van der Waals surface area contributed by atoms with E-state index in [0.29, 0.717) is 31.3 Å². The van der Waals surface area contributed by atoms with Crippen LogP contribution in [0.25, 0.3) is 0 Å². The number of ether oxygens (including phenoxy) is 4. The molecule has 2 aromatic carbocycles. The first-order valence-corrected chi connectivity index (χ1v) is 15.0. The molecule has 0 spiro atoms. The van der Waals surface area contributed by atoms with Crippen molar-refractivity contribution in [1.29, 1.82) is 0 Å². The zero-order valence-electron chi connectivity index (χ0n) is 25.5. The SMILES string of the molecule is Cc1cccc(C)c1NC(=O)CN1C[C@H](c2ccc3c(c2)OCO3)[C@@H](C(=O)O)[C@@H]1C1C=CC(OCCOC(C)C)=CC1C. The van der Waals surface area contributed by atoms with Crippen LogP contribution >= 0.6 is 0 Å². The number of fused-ring (bicyclic) bond motifs is 1. The Bertz CT molecular complexity index is 1380. The molecule has 2 unspecified atom stereocenters. The van der Waals surface area contributed by atoms with Crippen LogP contribution in [-0.2, 0) is 19.1 Å². The van der Waals surface area contributed by atoms with Crippen LogP contribution in [0.4, 0.5) is 5.69 Å². The number of para-hydroxylation sites is 1. The smallest absolute Gasteiger partial charge is 0.308 e. The molecule has 0 radical (unpaired) electrons. The first kappa shape index (κ1) is 30.6. The van der Waals surface area contributed by atoms with Gasteiger partial charge in [-0.1, -0.05) is 37.3 Å². The van der Waals surface area contributed by atoms with Crippen molar-refractivity contribution >= 4 is 17.6 Å². The van der Waals surface area contributed by atoms with Crippen LogP contribution in [0.3, 0.4) is 0 Å². The van der Waals surface area contributed by atoms with Crippen molar-refractivity contribution in [2.24, 2.45) is 17.8 Å².